The van der Waals surface area contributed by atoms with Gasteiger partial charge in [-0.3, -0.25) is 4.79 Å². The number of amides is 1. The number of aliphatic hydroxyl groups is 11. The molecule has 74 heavy (non-hydrogen) atoms. The molecule has 3 aliphatic heterocycles. The van der Waals surface area contributed by atoms with E-state index >= 15 is 0 Å². The highest BCUT2D eigenvalue weighted by Crippen LogP contribution is 2.33. The predicted molar refractivity (Wildman–Crippen MR) is 277 cm³/mol. The molecule has 19 heteroatoms. The summed E-state index contributed by atoms with van der Waals surface area (Å²) in [6.45, 7) is 1.33. The SMILES string of the molecule is CC/C=C\C/C=C\C/C=C\C/C=C\C/C=C\C/C=C\CCC(=O)NC(COC1OC(CO)C(OC2OC(CO)C(OC3OC(CO)C(O)C(O)C3O)C(O)C2O)C(O)C1O)C(O)/C=C/CC/C=C/CC/C=C/CC. The van der Waals surface area contributed by atoms with Gasteiger partial charge in [-0.1, -0.05) is 123 Å². The average Bonchev–Trinajstić information content (AvgIpc) is 3.40. The number of aliphatic hydroxyl groups excluding tert-OH is 11. The molecular formula is C55H87NO18. The molecule has 0 saturated carbocycles. The van der Waals surface area contributed by atoms with Crippen LogP contribution in [0.3, 0.4) is 0 Å². The first-order valence-corrected chi connectivity index (χ1v) is 26.1. The topological polar surface area (TPSA) is 307 Å². The van der Waals surface area contributed by atoms with Crippen molar-refractivity contribution in [1.29, 1.82) is 0 Å². The van der Waals surface area contributed by atoms with E-state index in [1.54, 1.807) is 6.08 Å². The van der Waals surface area contributed by atoms with Crippen LogP contribution in [-0.2, 0) is 33.2 Å². The Bertz CT molecular complexity index is 1780. The van der Waals surface area contributed by atoms with E-state index in [1.165, 1.54) is 6.08 Å². The van der Waals surface area contributed by atoms with Crippen molar-refractivity contribution in [3.8, 4) is 0 Å². The molecule has 3 fully saturated rings. The molecule has 3 rings (SSSR count). The van der Waals surface area contributed by atoms with E-state index in [0.29, 0.717) is 19.3 Å². The molecule has 0 spiro atoms. The fourth-order valence-electron chi connectivity index (χ4n) is 8.01. The summed E-state index contributed by atoms with van der Waals surface area (Å²) in [6.07, 6.45) is 19.8. The molecule has 420 valence electrons. The van der Waals surface area contributed by atoms with Gasteiger partial charge in [-0.15, -0.1) is 0 Å². The Kier molecular flexibility index (Phi) is 33.3. The lowest BCUT2D eigenvalue weighted by atomic mass is 9.96. The van der Waals surface area contributed by atoms with Crippen LogP contribution < -0.4 is 5.32 Å². The highest BCUT2D eigenvalue weighted by molar-refractivity contribution is 5.76. The summed E-state index contributed by atoms with van der Waals surface area (Å²) >= 11 is 0. The third-order valence-corrected chi connectivity index (χ3v) is 12.3. The second-order valence-corrected chi connectivity index (χ2v) is 18.2. The van der Waals surface area contributed by atoms with Crippen molar-refractivity contribution < 1.29 is 89.4 Å². The number of carbonyl (C=O) groups excluding carboxylic acids is 1. The average molecular weight is 1050 g/mol. The minimum Gasteiger partial charge on any atom is -0.394 e. The predicted octanol–water partition coefficient (Wildman–Crippen LogP) is 2.41. The quantitative estimate of drug-likeness (QED) is 0.0325. The van der Waals surface area contributed by atoms with Gasteiger partial charge in [0.25, 0.3) is 0 Å². The summed E-state index contributed by atoms with van der Waals surface area (Å²) in [5.74, 6) is -0.382. The van der Waals surface area contributed by atoms with Gasteiger partial charge in [0.2, 0.25) is 5.91 Å². The smallest absolute Gasteiger partial charge is 0.220 e. The van der Waals surface area contributed by atoms with E-state index in [0.717, 1.165) is 57.8 Å². The number of unbranched alkanes of at least 4 members (excludes halogenated alkanes) is 2. The molecule has 0 aromatic rings. The summed E-state index contributed by atoms with van der Waals surface area (Å²) in [5, 5.41) is 119. The Morgan fingerprint density at radius 1 is 0.473 bits per heavy atom. The monoisotopic (exact) mass is 1050 g/mol. The van der Waals surface area contributed by atoms with Crippen LogP contribution in [0.15, 0.2) is 109 Å². The highest BCUT2D eigenvalue weighted by atomic mass is 16.8. The zero-order chi connectivity index (χ0) is 54.1. The zero-order valence-corrected chi connectivity index (χ0v) is 43.0. The van der Waals surface area contributed by atoms with Crippen LogP contribution in [0.4, 0.5) is 0 Å². The van der Waals surface area contributed by atoms with Crippen LogP contribution in [0.2, 0.25) is 0 Å². The second kappa shape index (κ2) is 38.1. The third kappa shape index (κ3) is 23.0. The van der Waals surface area contributed by atoms with E-state index in [-0.39, 0.29) is 12.3 Å². The first-order valence-electron chi connectivity index (χ1n) is 26.1. The van der Waals surface area contributed by atoms with Crippen LogP contribution in [-0.4, -0.2) is 193 Å². The highest BCUT2D eigenvalue weighted by Gasteiger charge is 2.53. The summed E-state index contributed by atoms with van der Waals surface area (Å²) in [7, 11) is 0. The fraction of sp³-hybridized carbons (Fsp3) is 0.655. The van der Waals surface area contributed by atoms with E-state index in [4.69, 9.17) is 28.4 Å². The molecule has 0 bridgehead atoms. The molecule has 0 radical (unpaired) electrons. The lowest BCUT2D eigenvalue weighted by Gasteiger charge is -2.48. The number of nitrogens with one attached hydrogen (secondary N) is 1. The summed E-state index contributed by atoms with van der Waals surface area (Å²) in [5.41, 5.74) is 0. The lowest BCUT2D eigenvalue weighted by molar-refractivity contribution is -0.379. The molecule has 0 aliphatic carbocycles. The van der Waals surface area contributed by atoms with E-state index < -0.39 is 131 Å². The maximum atomic E-state index is 13.2. The van der Waals surface area contributed by atoms with Crippen LogP contribution in [0.25, 0.3) is 0 Å². The van der Waals surface area contributed by atoms with Gasteiger partial charge in [-0.2, -0.15) is 0 Å². The van der Waals surface area contributed by atoms with Gasteiger partial charge in [0.1, 0.15) is 73.2 Å². The summed E-state index contributed by atoms with van der Waals surface area (Å²) < 4.78 is 34.0. The number of ether oxygens (including phenoxy) is 6. The lowest BCUT2D eigenvalue weighted by Crippen LogP contribution is -2.66. The minimum absolute atomic E-state index is 0.0990. The number of rotatable bonds is 34. The van der Waals surface area contributed by atoms with Gasteiger partial charge in [0.15, 0.2) is 18.9 Å². The Hall–Kier alpha value is -3.55. The second-order valence-electron chi connectivity index (χ2n) is 18.2. The van der Waals surface area contributed by atoms with Crippen LogP contribution >= 0.6 is 0 Å². The Labute approximate surface area is 436 Å². The maximum absolute atomic E-state index is 13.2. The van der Waals surface area contributed by atoms with Gasteiger partial charge in [-0.25, -0.2) is 0 Å². The molecule has 1 amide bonds. The molecule has 12 N–H and O–H groups in total. The molecule has 0 aromatic carbocycles. The maximum Gasteiger partial charge on any atom is 0.220 e. The molecule has 3 saturated heterocycles. The van der Waals surface area contributed by atoms with Crippen molar-refractivity contribution in [2.45, 2.75) is 202 Å². The van der Waals surface area contributed by atoms with Crippen LogP contribution in [0, 0.1) is 0 Å². The van der Waals surface area contributed by atoms with Crippen molar-refractivity contribution in [3.63, 3.8) is 0 Å². The molecule has 3 aliphatic rings. The first kappa shape index (κ1) is 64.7. The molecule has 19 nitrogen and oxygen atoms in total. The molecule has 17 atom stereocenters. The van der Waals surface area contributed by atoms with Crippen molar-refractivity contribution in [1.82, 2.24) is 5.32 Å². The third-order valence-electron chi connectivity index (χ3n) is 12.3. The van der Waals surface area contributed by atoms with Gasteiger partial charge in [-0.05, 0) is 77.0 Å². The summed E-state index contributed by atoms with van der Waals surface area (Å²) in [4.78, 5) is 13.2. The fourth-order valence-corrected chi connectivity index (χ4v) is 8.01. The van der Waals surface area contributed by atoms with Crippen LogP contribution in [0.5, 0.6) is 0 Å². The minimum atomic E-state index is -1.99. The van der Waals surface area contributed by atoms with E-state index in [1.807, 2.05) is 18.2 Å². The van der Waals surface area contributed by atoms with Crippen molar-refractivity contribution in [3.05, 3.63) is 109 Å². The Balaban J connectivity index is 1.57. The Morgan fingerprint density at radius 2 is 0.851 bits per heavy atom. The standard InChI is InChI=1S/C55H87NO18/c1-3-5-7-9-11-13-15-16-17-18-19-20-21-22-23-25-27-29-31-33-43(61)56-38(39(60)32-30-28-26-24-14-12-10-8-6-4-2)37-69-53-49(67)46(64)51(41(35-58)71-53)74-55-50(68)47(65)52(42(36-59)72-55)73-54-48(66)45(63)44(62)40(34-57)70-54/h5-8,11,13-14,16-17,19-20,22-24,27,29-30,32,38-42,44-55,57-60,62-68H,3-4,9-10,12,15,18,21,25-26,28,31,33-37H2,1-2H3,(H,56,61)/b7-5-,8-6+,13-11-,17-16-,20-19-,23-22-,24-14+,29-27-,32-30+. The number of hydrogen-bond donors (Lipinski definition) is 12. The molecule has 0 aromatic heterocycles. The molecular weight excluding hydrogens is 963 g/mol. The first-order chi connectivity index (χ1) is 35.8. The van der Waals surface area contributed by atoms with Gasteiger partial charge in [0.05, 0.1) is 38.6 Å². The number of hydrogen-bond acceptors (Lipinski definition) is 18. The Morgan fingerprint density at radius 3 is 1.34 bits per heavy atom. The van der Waals surface area contributed by atoms with Crippen LogP contribution in [0.1, 0.15) is 97.3 Å². The zero-order valence-electron chi connectivity index (χ0n) is 43.0. The van der Waals surface area contributed by atoms with Gasteiger partial charge >= 0.3 is 0 Å². The summed E-state index contributed by atoms with van der Waals surface area (Å²) in [6, 6.07) is -1.04. The van der Waals surface area contributed by atoms with Crippen molar-refractivity contribution >= 4 is 5.91 Å². The van der Waals surface area contributed by atoms with E-state index in [9.17, 15) is 61.0 Å². The molecule has 17 unspecified atom stereocenters. The van der Waals surface area contributed by atoms with E-state index in [2.05, 4.69) is 98.2 Å². The van der Waals surface area contributed by atoms with Crippen molar-refractivity contribution in [2.75, 3.05) is 26.4 Å². The number of allylic oxidation sites excluding steroid dienone is 17. The largest absolute Gasteiger partial charge is 0.394 e. The van der Waals surface area contributed by atoms with Crippen molar-refractivity contribution in [2.24, 2.45) is 0 Å². The molecule has 3 heterocycles. The number of carbonyl (C=O) groups is 1. The van der Waals surface area contributed by atoms with Gasteiger partial charge in [0, 0.05) is 6.42 Å². The van der Waals surface area contributed by atoms with Gasteiger partial charge < -0.3 is 89.9 Å². The normalized spacial score (nSPS) is 32.4.